The molecule has 0 aromatic heterocycles. The molecule has 18 heavy (non-hydrogen) atoms. The average Bonchev–Trinajstić information content (AvgIpc) is 2.37. The third-order valence-electron chi connectivity index (χ3n) is 3.95. The van der Waals surface area contributed by atoms with E-state index in [9.17, 15) is 5.11 Å². The third kappa shape index (κ3) is 3.24. The molecule has 2 atom stereocenters. The molecule has 1 aromatic carbocycles. The van der Waals surface area contributed by atoms with Crippen LogP contribution in [-0.4, -0.2) is 25.4 Å². The molecule has 0 aliphatic carbocycles. The second-order valence-corrected chi connectivity index (χ2v) is 5.04. The number of nitrogens with two attached hydrogens (primary N) is 1. The largest absolute Gasteiger partial charge is 0.496 e. The third-order valence-corrected chi connectivity index (χ3v) is 3.95. The van der Waals surface area contributed by atoms with Crippen molar-refractivity contribution in [3.8, 4) is 5.75 Å². The molecule has 0 fully saturated rings. The molecule has 3 nitrogen and oxygen atoms in total. The van der Waals surface area contributed by atoms with Gasteiger partial charge in [0.2, 0.25) is 0 Å². The molecule has 3 N–H and O–H groups in total. The number of rotatable bonds is 6. The summed E-state index contributed by atoms with van der Waals surface area (Å²) in [5.74, 6) is 1.49. The average molecular weight is 251 g/mol. The Labute approximate surface area is 110 Å². The van der Waals surface area contributed by atoms with Crippen molar-refractivity contribution in [2.45, 2.75) is 27.2 Å². The molecule has 0 aliphatic rings. The highest BCUT2D eigenvalue weighted by Gasteiger charge is 2.17. The summed E-state index contributed by atoms with van der Waals surface area (Å²) < 4.78 is 5.32. The summed E-state index contributed by atoms with van der Waals surface area (Å²) in [5, 5.41) is 9.28. The van der Waals surface area contributed by atoms with Crippen molar-refractivity contribution in [3.05, 3.63) is 28.8 Å². The van der Waals surface area contributed by atoms with Gasteiger partial charge >= 0.3 is 0 Å². The minimum absolute atomic E-state index is 0.159. The Morgan fingerprint density at radius 2 is 1.94 bits per heavy atom. The van der Waals surface area contributed by atoms with Crippen LogP contribution in [0.25, 0.3) is 0 Å². The van der Waals surface area contributed by atoms with Crippen molar-refractivity contribution in [3.63, 3.8) is 0 Å². The fraction of sp³-hybridized carbons (Fsp3) is 0.600. The van der Waals surface area contributed by atoms with E-state index in [4.69, 9.17) is 10.5 Å². The van der Waals surface area contributed by atoms with E-state index in [2.05, 4.69) is 26.8 Å². The van der Waals surface area contributed by atoms with Crippen molar-refractivity contribution in [1.82, 2.24) is 0 Å². The molecule has 0 aliphatic heterocycles. The summed E-state index contributed by atoms with van der Waals surface area (Å²) in [6, 6.07) is 4.13. The highest BCUT2D eigenvalue weighted by Crippen LogP contribution is 2.27. The van der Waals surface area contributed by atoms with Crippen molar-refractivity contribution in [2.75, 3.05) is 20.3 Å². The Morgan fingerprint density at radius 1 is 1.28 bits per heavy atom. The molecule has 2 unspecified atom stereocenters. The standard InChI is InChI=1S/C15H25NO2/c1-10(14(8-16)9-17)7-13-5-6-15(18-4)12(3)11(13)2/h5-6,10,14,17H,7-9,16H2,1-4H3. The van der Waals surface area contributed by atoms with E-state index < -0.39 is 0 Å². The zero-order valence-electron chi connectivity index (χ0n) is 11.9. The summed E-state index contributed by atoms with van der Waals surface area (Å²) in [4.78, 5) is 0. The first-order valence-electron chi connectivity index (χ1n) is 6.49. The highest BCUT2D eigenvalue weighted by atomic mass is 16.5. The Bertz CT molecular complexity index is 386. The zero-order valence-corrected chi connectivity index (χ0v) is 11.9. The van der Waals surface area contributed by atoms with Crippen molar-refractivity contribution < 1.29 is 9.84 Å². The fourth-order valence-corrected chi connectivity index (χ4v) is 2.29. The van der Waals surface area contributed by atoms with E-state index in [1.165, 1.54) is 16.7 Å². The second-order valence-electron chi connectivity index (χ2n) is 5.04. The van der Waals surface area contributed by atoms with Crippen LogP contribution in [0, 0.1) is 25.7 Å². The SMILES string of the molecule is COc1ccc(CC(C)C(CN)CO)c(C)c1C. The van der Waals surface area contributed by atoms with E-state index >= 15 is 0 Å². The topological polar surface area (TPSA) is 55.5 Å². The van der Waals surface area contributed by atoms with Gasteiger partial charge in [0.05, 0.1) is 7.11 Å². The van der Waals surface area contributed by atoms with Crippen LogP contribution in [0.15, 0.2) is 12.1 Å². The lowest BCUT2D eigenvalue weighted by Crippen LogP contribution is -2.26. The lowest BCUT2D eigenvalue weighted by Gasteiger charge is -2.22. The fourth-order valence-electron chi connectivity index (χ4n) is 2.29. The van der Waals surface area contributed by atoms with Gasteiger partial charge in [0.15, 0.2) is 0 Å². The number of ether oxygens (including phenoxy) is 1. The van der Waals surface area contributed by atoms with Gasteiger partial charge in [-0.1, -0.05) is 13.0 Å². The van der Waals surface area contributed by atoms with Gasteiger partial charge < -0.3 is 15.6 Å². The smallest absolute Gasteiger partial charge is 0.122 e. The van der Waals surface area contributed by atoms with Crippen molar-refractivity contribution in [1.29, 1.82) is 0 Å². The number of hydrogen-bond acceptors (Lipinski definition) is 3. The molecule has 102 valence electrons. The van der Waals surface area contributed by atoms with Gasteiger partial charge in [0.1, 0.15) is 5.75 Å². The molecule has 1 rings (SSSR count). The second kappa shape index (κ2) is 6.76. The molecular weight excluding hydrogens is 226 g/mol. The summed E-state index contributed by atoms with van der Waals surface area (Å²) in [7, 11) is 1.69. The molecule has 0 saturated carbocycles. The van der Waals surface area contributed by atoms with Crippen LogP contribution in [0.1, 0.15) is 23.6 Å². The van der Waals surface area contributed by atoms with Gasteiger partial charge in [-0.05, 0) is 61.4 Å². The van der Waals surface area contributed by atoms with Gasteiger partial charge in [-0.3, -0.25) is 0 Å². The molecule has 0 radical (unpaired) electrons. The predicted octanol–water partition coefficient (Wildman–Crippen LogP) is 2.06. The van der Waals surface area contributed by atoms with Crippen LogP contribution in [0.5, 0.6) is 5.75 Å². The molecule has 0 spiro atoms. The van der Waals surface area contributed by atoms with Gasteiger partial charge in [-0.15, -0.1) is 0 Å². The molecular formula is C15H25NO2. The molecule has 1 aromatic rings. The first-order valence-corrected chi connectivity index (χ1v) is 6.49. The van der Waals surface area contributed by atoms with Crippen molar-refractivity contribution in [2.24, 2.45) is 17.6 Å². The van der Waals surface area contributed by atoms with Crippen LogP contribution in [-0.2, 0) is 6.42 Å². The summed E-state index contributed by atoms with van der Waals surface area (Å²) in [5.41, 5.74) is 9.45. The quantitative estimate of drug-likeness (QED) is 0.813. The molecule has 0 saturated heterocycles. The minimum atomic E-state index is 0.159. The maximum absolute atomic E-state index is 9.28. The number of aliphatic hydroxyl groups excluding tert-OH is 1. The zero-order chi connectivity index (χ0) is 13.7. The molecule has 0 bridgehead atoms. The minimum Gasteiger partial charge on any atom is -0.496 e. The predicted molar refractivity (Wildman–Crippen MR) is 75.0 cm³/mol. The number of hydrogen-bond donors (Lipinski definition) is 2. The number of methoxy groups -OCH3 is 1. The van der Waals surface area contributed by atoms with Gasteiger partial charge in [-0.2, -0.15) is 0 Å². The first kappa shape index (κ1) is 15.0. The molecule has 0 heterocycles. The Balaban J connectivity index is 2.88. The molecule has 3 heteroatoms. The monoisotopic (exact) mass is 251 g/mol. The van der Waals surface area contributed by atoms with Crippen LogP contribution >= 0.6 is 0 Å². The Morgan fingerprint density at radius 3 is 2.44 bits per heavy atom. The highest BCUT2D eigenvalue weighted by molar-refractivity contribution is 5.43. The van der Waals surface area contributed by atoms with Crippen LogP contribution in [0.2, 0.25) is 0 Å². The summed E-state index contributed by atoms with van der Waals surface area (Å²) in [6.07, 6.45) is 0.944. The number of aliphatic hydroxyl groups is 1. The summed E-state index contributed by atoms with van der Waals surface area (Å²) in [6.45, 7) is 7.04. The Kier molecular flexibility index (Phi) is 5.63. The summed E-state index contributed by atoms with van der Waals surface area (Å²) >= 11 is 0. The van der Waals surface area contributed by atoms with Crippen molar-refractivity contribution >= 4 is 0 Å². The van der Waals surface area contributed by atoms with E-state index in [1.54, 1.807) is 7.11 Å². The van der Waals surface area contributed by atoms with Gasteiger partial charge in [0.25, 0.3) is 0 Å². The van der Waals surface area contributed by atoms with Gasteiger partial charge in [0, 0.05) is 6.61 Å². The first-order chi connectivity index (χ1) is 8.54. The van der Waals surface area contributed by atoms with Crippen LogP contribution < -0.4 is 10.5 Å². The van der Waals surface area contributed by atoms with E-state index in [1.807, 2.05) is 6.07 Å². The van der Waals surface area contributed by atoms with Crippen LogP contribution in [0.4, 0.5) is 0 Å². The number of benzene rings is 1. The van der Waals surface area contributed by atoms with E-state index in [-0.39, 0.29) is 12.5 Å². The van der Waals surface area contributed by atoms with E-state index in [0.29, 0.717) is 12.5 Å². The van der Waals surface area contributed by atoms with E-state index in [0.717, 1.165) is 12.2 Å². The maximum Gasteiger partial charge on any atom is 0.122 e. The lowest BCUT2D eigenvalue weighted by atomic mass is 9.86. The van der Waals surface area contributed by atoms with Crippen LogP contribution in [0.3, 0.4) is 0 Å². The molecule has 0 amide bonds. The normalized spacial score (nSPS) is 14.3. The maximum atomic E-state index is 9.28. The van der Waals surface area contributed by atoms with Gasteiger partial charge in [-0.25, -0.2) is 0 Å². The Hall–Kier alpha value is -1.06. The lowest BCUT2D eigenvalue weighted by molar-refractivity contribution is 0.187.